The zero-order valence-corrected chi connectivity index (χ0v) is 17.3. The third-order valence-electron chi connectivity index (χ3n) is 5.49. The smallest absolute Gasteiger partial charge is 0.161 e. The van der Waals surface area contributed by atoms with Crippen LogP contribution in [-0.2, 0) is 6.54 Å². The largest absolute Gasteiger partial charge is 0.493 e. The number of benzene rings is 2. The van der Waals surface area contributed by atoms with E-state index in [1.165, 1.54) is 17.4 Å². The van der Waals surface area contributed by atoms with Crippen molar-refractivity contribution in [3.8, 4) is 11.5 Å². The van der Waals surface area contributed by atoms with Gasteiger partial charge in [-0.25, -0.2) is 0 Å². The van der Waals surface area contributed by atoms with Crippen molar-refractivity contribution in [2.45, 2.75) is 19.6 Å². The summed E-state index contributed by atoms with van der Waals surface area (Å²) in [5, 5.41) is 10.4. The number of rotatable bonds is 9. The standard InChI is InChI=1S/C23H30N2O4/c1-18(26)20-8-9-22(23(14-20)28-2)29-17-21(27)16-25-12-10-24(11-13-25)15-19-6-4-3-5-7-19/h3-9,14,21,27H,10-13,15-17H2,1-2H3/p+2/t21-/m1/s1. The summed E-state index contributed by atoms with van der Waals surface area (Å²) in [4.78, 5) is 14.5. The Hall–Kier alpha value is -2.41. The third-order valence-corrected chi connectivity index (χ3v) is 5.49. The Labute approximate surface area is 172 Å². The molecule has 2 aromatic rings. The normalized spacial score (nSPS) is 20.1. The molecular formula is C23H32N2O4+2. The van der Waals surface area contributed by atoms with Gasteiger partial charge in [0.2, 0.25) is 0 Å². The van der Waals surface area contributed by atoms with Crippen molar-refractivity contribution in [1.82, 2.24) is 0 Å². The number of aliphatic hydroxyl groups excluding tert-OH is 1. The van der Waals surface area contributed by atoms with Crippen LogP contribution in [0.25, 0.3) is 0 Å². The number of nitrogens with one attached hydrogen (secondary N) is 2. The SMILES string of the molecule is COc1cc(C(C)=O)ccc1OC[C@H](O)C[NH+]1CC[NH+](Cc2ccccc2)CC1. The molecule has 2 aromatic carbocycles. The molecule has 0 aliphatic carbocycles. The van der Waals surface area contributed by atoms with Crippen LogP contribution in [-0.4, -0.2) is 63.4 Å². The number of hydrogen-bond donors (Lipinski definition) is 3. The van der Waals surface area contributed by atoms with E-state index in [2.05, 4.69) is 30.3 Å². The summed E-state index contributed by atoms with van der Waals surface area (Å²) >= 11 is 0. The van der Waals surface area contributed by atoms with Gasteiger partial charge in [-0.3, -0.25) is 4.79 Å². The van der Waals surface area contributed by atoms with Gasteiger partial charge in [0.05, 0.1) is 7.11 Å². The number of Topliss-reactive ketones (excluding diaryl/α,β-unsaturated/α-hetero) is 1. The van der Waals surface area contributed by atoms with Crippen molar-refractivity contribution in [1.29, 1.82) is 0 Å². The highest BCUT2D eigenvalue weighted by molar-refractivity contribution is 5.94. The second-order valence-electron chi connectivity index (χ2n) is 7.75. The quantitative estimate of drug-likeness (QED) is 0.502. The van der Waals surface area contributed by atoms with Crippen molar-refractivity contribution in [2.75, 3.05) is 46.4 Å². The van der Waals surface area contributed by atoms with Gasteiger partial charge in [0, 0.05) is 11.1 Å². The van der Waals surface area contributed by atoms with E-state index in [-0.39, 0.29) is 12.4 Å². The molecule has 6 nitrogen and oxygen atoms in total. The number of methoxy groups -OCH3 is 1. The molecule has 0 radical (unpaired) electrons. The predicted octanol–water partition coefficient (Wildman–Crippen LogP) is -0.379. The van der Waals surface area contributed by atoms with Crippen LogP contribution in [0, 0.1) is 0 Å². The molecule has 0 saturated carbocycles. The number of ketones is 1. The second-order valence-corrected chi connectivity index (χ2v) is 7.75. The summed E-state index contributed by atoms with van der Waals surface area (Å²) in [6, 6.07) is 15.7. The summed E-state index contributed by atoms with van der Waals surface area (Å²) in [6.45, 7) is 7.79. The summed E-state index contributed by atoms with van der Waals surface area (Å²) in [5.41, 5.74) is 1.96. The zero-order chi connectivity index (χ0) is 20.6. The maximum Gasteiger partial charge on any atom is 0.161 e. The Kier molecular flexibility index (Phi) is 7.63. The van der Waals surface area contributed by atoms with Crippen molar-refractivity contribution >= 4 is 5.78 Å². The number of hydrogen-bond acceptors (Lipinski definition) is 4. The topological polar surface area (TPSA) is 64.6 Å². The van der Waals surface area contributed by atoms with Gasteiger partial charge in [0.15, 0.2) is 17.3 Å². The monoisotopic (exact) mass is 400 g/mol. The first-order valence-corrected chi connectivity index (χ1v) is 10.3. The zero-order valence-electron chi connectivity index (χ0n) is 17.3. The van der Waals surface area contributed by atoms with E-state index in [0.717, 1.165) is 32.7 Å². The molecule has 1 saturated heterocycles. The molecular weight excluding hydrogens is 368 g/mol. The molecule has 1 aliphatic rings. The lowest BCUT2D eigenvalue weighted by Crippen LogP contribution is -3.28. The number of ether oxygens (including phenoxy) is 2. The van der Waals surface area contributed by atoms with Gasteiger partial charge in [-0.05, 0) is 25.1 Å². The summed E-state index contributed by atoms with van der Waals surface area (Å²) in [5.74, 6) is 1.03. The lowest BCUT2D eigenvalue weighted by atomic mass is 10.1. The van der Waals surface area contributed by atoms with E-state index in [1.807, 2.05) is 0 Å². The fraction of sp³-hybridized carbons (Fsp3) is 0.435. The highest BCUT2D eigenvalue weighted by Gasteiger charge is 2.25. The minimum atomic E-state index is -0.544. The number of piperazine rings is 1. The molecule has 0 amide bonds. The first-order chi connectivity index (χ1) is 14.0. The summed E-state index contributed by atoms with van der Waals surface area (Å²) in [6.07, 6.45) is -0.544. The number of carbonyl (C=O) groups excluding carboxylic acids is 1. The molecule has 0 spiro atoms. The molecule has 0 unspecified atom stereocenters. The van der Waals surface area contributed by atoms with Gasteiger partial charge < -0.3 is 24.4 Å². The Balaban J connectivity index is 1.42. The lowest BCUT2D eigenvalue weighted by molar-refractivity contribution is -1.02. The van der Waals surface area contributed by atoms with E-state index in [9.17, 15) is 9.90 Å². The van der Waals surface area contributed by atoms with Crippen molar-refractivity contribution in [2.24, 2.45) is 0 Å². The molecule has 29 heavy (non-hydrogen) atoms. The van der Waals surface area contributed by atoms with Gasteiger partial charge in [0.25, 0.3) is 0 Å². The fourth-order valence-electron chi connectivity index (χ4n) is 3.81. The molecule has 1 fully saturated rings. The minimum Gasteiger partial charge on any atom is -0.493 e. The van der Waals surface area contributed by atoms with E-state index in [0.29, 0.717) is 23.6 Å². The van der Waals surface area contributed by atoms with Crippen LogP contribution in [0.4, 0.5) is 0 Å². The summed E-state index contributed by atoms with van der Waals surface area (Å²) in [7, 11) is 1.55. The average Bonchev–Trinajstić information content (AvgIpc) is 2.74. The first-order valence-electron chi connectivity index (χ1n) is 10.3. The van der Waals surface area contributed by atoms with Gasteiger partial charge in [-0.2, -0.15) is 0 Å². The van der Waals surface area contributed by atoms with Crippen LogP contribution in [0.15, 0.2) is 48.5 Å². The number of carbonyl (C=O) groups is 1. The van der Waals surface area contributed by atoms with Gasteiger partial charge >= 0.3 is 0 Å². The molecule has 1 atom stereocenters. The van der Waals surface area contributed by atoms with Crippen LogP contribution in [0.3, 0.4) is 0 Å². The van der Waals surface area contributed by atoms with E-state index in [4.69, 9.17) is 9.47 Å². The molecule has 1 heterocycles. The lowest BCUT2D eigenvalue weighted by Gasteiger charge is -2.30. The molecule has 6 heteroatoms. The minimum absolute atomic E-state index is 0.0213. The van der Waals surface area contributed by atoms with Crippen molar-refractivity contribution in [3.05, 3.63) is 59.7 Å². The van der Waals surface area contributed by atoms with Crippen LogP contribution < -0.4 is 19.3 Å². The van der Waals surface area contributed by atoms with E-state index in [1.54, 1.807) is 30.2 Å². The third kappa shape index (κ3) is 6.29. The first kappa shape index (κ1) is 21.3. The maximum atomic E-state index is 11.5. The molecule has 0 aromatic heterocycles. The van der Waals surface area contributed by atoms with E-state index >= 15 is 0 Å². The Morgan fingerprint density at radius 3 is 2.38 bits per heavy atom. The Bertz CT molecular complexity index is 789. The van der Waals surface area contributed by atoms with Crippen LogP contribution in [0.5, 0.6) is 11.5 Å². The van der Waals surface area contributed by atoms with Gasteiger partial charge in [0.1, 0.15) is 52.0 Å². The van der Waals surface area contributed by atoms with Crippen molar-refractivity contribution in [3.63, 3.8) is 0 Å². The number of quaternary nitrogens is 2. The molecule has 3 N–H and O–H groups in total. The van der Waals surface area contributed by atoms with Crippen molar-refractivity contribution < 1.29 is 29.2 Å². The van der Waals surface area contributed by atoms with Crippen LogP contribution in [0.2, 0.25) is 0 Å². The molecule has 1 aliphatic heterocycles. The number of aliphatic hydroxyl groups is 1. The fourth-order valence-corrected chi connectivity index (χ4v) is 3.81. The molecule has 3 rings (SSSR count). The average molecular weight is 401 g/mol. The highest BCUT2D eigenvalue weighted by atomic mass is 16.5. The van der Waals surface area contributed by atoms with Gasteiger partial charge in [-0.15, -0.1) is 0 Å². The van der Waals surface area contributed by atoms with Crippen LogP contribution >= 0.6 is 0 Å². The van der Waals surface area contributed by atoms with E-state index < -0.39 is 6.10 Å². The Morgan fingerprint density at radius 2 is 1.72 bits per heavy atom. The summed E-state index contributed by atoms with van der Waals surface area (Å²) < 4.78 is 11.1. The highest BCUT2D eigenvalue weighted by Crippen LogP contribution is 2.28. The molecule has 0 bridgehead atoms. The van der Waals surface area contributed by atoms with Crippen LogP contribution in [0.1, 0.15) is 22.8 Å². The Morgan fingerprint density at radius 1 is 1.03 bits per heavy atom. The maximum absolute atomic E-state index is 11.5. The second kappa shape index (κ2) is 10.4. The van der Waals surface area contributed by atoms with Gasteiger partial charge in [-0.1, -0.05) is 30.3 Å². The molecule has 156 valence electrons. The predicted molar refractivity (Wildman–Crippen MR) is 111 cm³/mol.